The van der Waals surface area contributed by atoms with Crippen molar-refractivity contribution in [3.8, 4) is 0 Å². The first kappa shape index (κ1) is 18.7. The van der Waals surface area contributed by atoms with Crippen LogP contribution in [0, 0.1) is 13.8 Å². The summed E-state index contributed by atoms with van der Waals surface area (Å²) in [4.78, 5) is 2.58. The molecule has 2 aromatic carbocycles. The molecule has 0 radical (unpaired) electrons. The lowest BCUT2D eigenvalue weighted by molar-refractivity contribution is 0.205. The van der Waals surface area contributed by atoms with Gasteiger partial charge < -0.3 is 9.64 Å². The maximum absolute atomic E-state index is 12.8. The highest BCUT2D eigenvalue weighted by atomic mass is 32.2. The van der Waals surface area contributed by atoms with Gasteiger partial charge >= 0.3 is 0 Å². The van der Waals surface area contributed by atoms with E-state index >= 15 is 0 Å². The van der Waals surface area contributed by atoms with E-state index in [2.05, 4.69) is 9.62 Å². The fourth-order valence-corrected chi connectivity index (χ4v) is 4.74. The van der Waals surface area contributed by atoms with E-state index < -0.39 is 10.0 Å². The Morgan fingerprint density at radius 2 is 1.96 bits per heavy atom. The number of nitrogens with zero attached hydrogens (tertiary/aromatic N) is 1. The van der Waals surface area contributed by atoms with Gasteiger partial charge in [0.1, 0.15) is 0 Å². The minimum absolute atomic E-state index is 0.317. The summed E-state index contributed by atoms with van der Waals surface area (Å²) in [5.74, 6) is 0. The third-order valence-corrected chi connectivity index (χ3v) is 6.28. The summed E-state index contributed by atoms with van der Waals surface area (Å²) in [6.07, 6.45) is 2.12. The molecule has 0 saturated heterocycles. The molecule has 0 atom stereocenters. The van der Waals surface area contributed by atoms with Crippen molar-refractivity contribution in [2.45, 2.75) is 31.6 Å². The molecule has 1 aliphatic heterocycles. The van der Waals surface area contributed by atoms with Gasteiger partial charge in [-0.25, -0.2) is 8.42 Å². The Morgan fingerprint density at radius 1 is 1.15 bits per heavy atom. The van der Waals surface area contributed by atoms with Crippen LogP contribution in [0.3, 0.4) is 0 Å². The minimum Gasteiger partial charge on any atom is -0.383 e. The molecule has 1 N–H and O–H groups in total. The fraction of sp³-hybridized carbons (Fsp3) is 0.400. The van der Waals surface area contributed by atoms with Gasteiger partial charge in [-0.2, -0.15) is 0 Å². The van der Waals surface area contributed by atoms with Crippen molar-refractivity contribution in [3.63, 3.8) is 0 Å². The van der Waals surface area contributed by atoms with Gasteiger partial charge in [-0.1, -0.05) is 23.8 Å². The Balaban J connectivity index is 1.88. The summed E-state index contributed by atoms with van der Waals surface area (Å²) in [6.45, 7) is 6.19. The Labute approximate surface area is 156 Å². The Hall–Kier alpha value is -2.05. The topological polar surface area (TPSA) is 58.6 Å². The highest BCUT2D eigenvalue weighted by molar-refractivity contribution is 7.92. The average molecular weight is 375 g/mol. The molecule has 140 valence electrons. The van der Waals surface area contributed by atoms with E-state index in [1.165, 1.54) is 5.56 Å². The molecular weight excluding hydrogens is 348 g/mol. The van der Waals surface area contributed by atoms with Crippen molar-refractivity contribution >= 4 is 21.4 Å². The van der Waals surface area contributed by atoms with Gasteiger partial charge in [0.25, 0.3) is 10.0 Å². The largest absolute Gasteiger partial charge is 0.383 e. The van der Waals surface area contributed by atoms with Crippen molar-refractivity contribution in [3.05, 3.63) is 53.1 Å². The highest BCUT2D eigenvalue weighted by Gasteiger charge is 2.20. The quantitative estimate of drug-likeness (QED) is 0.841. The second kappa shape index (κ2) is 7.68. The van der Waals surface area contributed by atoms with Gasteiger partial charge in [-0.05, 0) is 56.0 Å². The van der Waals surface area contributed by atoms with Crippen LogP contribution in [0.5, 0.6) is 0 Å². The van der Waals surface area contributed by atoms with Crippen molar-refractivity contribution in [2.24, 2.45) is 0 Å². The Bertz CT molecular complexity index is 894. The van der Waals surface area contributed by atoms with Gasteiger partial charge in [0.05, 0.1) is 17.2 Å². The number of hydrogen-bond donors (Lipinski definition) is 1. The third kappa shape index (κ3) is 4.02. The van der Waals surface area contributed by atoms with Gasteiger partial charge in [0.15, 0.2) is 0 Å². The monoisotopic (exact) mass is 374 g/mol. The summed E-state index contributed by atoms with van der Waals surface area (Å²) < 4.78 is 33.6. The van der Waals surface area contributed by atoms with E-state index in [9.17, 15) is 8.42 Å². The normalized spacial score (nSPS) is 14.2. The number of aryl methyl sites for hydroxylation is 3. The molecule has 0 unspecified atom stereocenters. The second-order valence-corrected chi connectivity index (χ2v) is 8.45. The summed E-state index contributed by atoms with van der Waals surface area (Å²) >= 11 is 0. The first-order chi connectivity index (χ1) is 12.4. The van der Waals surface area contributed by atoms with E-state index in [0.717, 1.165) is 42.7 Å². The first-order valence-corrected chi connectivity index (χ1v) is 10.4. The smallest absolute Gasteiger partial charge is 0.262 e. The van der Waals surface area contributed by atoms with Crippen LogP contribution in [-0.2, 0) is 21.2 Å². The maximum atomic E-state index is 12.8. The minimum atomic E-state index is -3.61. The molecule has 0 fully saturated rings. The van der Waals surface area contributed by atoms with Gasteiger partial charge in [0.2, 0.25) is 0 Å². The number of methoxy groups -OCH3 is 1. The number of rotatable bonds is 6. The zero-order valence-electron chi connectivity index (χ0n) is 15.6. The van der Waals surface area contributed by atoms with Crippen molar-refractivity contribution in [1.82, 2.24) is 0 Å². The van der Waals surface area contributed by atoms with Crippen LogP contribution < -0.4 is 9.62 Å². The molecule has 5 nitrogen and oxygen atoms in total. The zero-order chi connectivity index (χ0) is 18.7. The molecule has 0 saturated carbocycles. The predicted octanol–water partition coefficient (Wildman–Crippen LogP) is 3.50. The van der Waals surface area contributed by atoms with Crippen molar-refractivity contribution in [2.75, 3.05) is 36.4 Å². The number of nitrogens with one attached hydrogen (secondary N) is 1. The standard InChI is InChI=1S/C20H26N2O3S/c1-15-6-9-20(16(2)13-15)26(23,24)21-18-8-7-17-5-4-10-22(11-12-25-3)19(17)14-18/h6-9,13-14,21H,4-5,10-12H2,1-3H3. The zero-order valence-corrected chi connectivity index (χ0v) is 16.4. The fourth-order valence-electron chi connectivity index (χ4n) is 3.46. The van der Waals surface area contributed by atoms with Crippen LogP contribution in [0.2, 0.25) is 0 Å². The molecule has 6 heteroatoms. The molecular formula is C20H26N2O3S. The Morgan fingerprint density at radius 3 is 2.69 bits per heavy atom. The Kier molecular flexibility index (Phi) is 5.53. The molecule has 26 heavy (non-hydrogen) atoms. The van der Waals surface area contributed by atoms with Crippen LogP contribution in [0.25, 0.3) is 0 Å². The summed E-state index contributed by atoms with van der Waals surface area (Å²) in [5.41, 5.74) is 4.73. The molecule has 0 bridgehead atoms. The van der Waals surface area contributed by atoms with E-state index in [1.54, 1.807) is 13.2 Å². The summed E-state index contributed by atoms with van der Waals surface area (Å²) in [7, 11) is -1.92. The van der Waals surface area contributed by atoms with Gasteiger partial charge in [0, 0.05) is 25.9 Å². The maximum Gasteiger partial charge on any atom is 0.262 e. The van der Waals surface area contributed by atoms with Crippen LogP contribution in [-0.4, -0.2) is 35.2 Å². The van der Waals surface area contributed by atoms with Gasteiger partial charge in [-0.3, -0.25) is 4.72 Å². The summed E-state index contributed by atoms with van der Waals surface area (Å²) in [6, 6.07) is 11.2. The average Bonchev–Trinajstić information content (AvgIpc) is 2.59. The molecule has 0 amide bonds. The third-order valence-electron chi connectivity index (χ3n) is 4.74. The van der Waals surface area contributed by atoms with E-state index in [1.807, 2.05) is 44.2 Å². The van der Waals surface area contributed by atoms with Gasteiger partial charge in [-0.15, -0.1) is 0 Å². The van der Waals surface area contributed by atoms with E-state index in [4.69, 9.17) is 4.74 Å². The lowest BCUT2D eigenvalue weighted by atomic mass is 10.0. The number of fused-ring (bicyclic) bond motifs is 1. The number of benzene rings is 2. The van der Waals surface area contributed by atoms with Crippen LogP contribution >= 0.6 is 0 Å². The molecule has 0 aromatic heterocycles. The van der Waals surface area contributed by atoms with Crippen molar-refractivity contribution < 1.29 is 13.2 Å². The lowest BCUT2D eigenvalue weighted by Crippen LogP contribution is -2.32. The second-order valence-electron chi connectivity index (χ2n) is 6.80. The predicted molar refractivity (Wildman–Crippen MR) is 106 cm³/mol. The summed E-state index contributed by atoms with van der Waals surface area (Å²) in [5, 5.41) is 0. The van der Waals surface area contributed by atoms with Crippen LogP contribution in [0.4, 0.5) is 11.4 Å². The lowest BCUT2D eigenvalue weighted by Gasteiger charge is -2.31. The van der Waals surface area contributed by atoms with Crippen molar-refractivity contribution in [1.29, 1.82) is 0 Å². The molecule has 0 aliphatic carbocycles. The number of anilines is 2. The molecule has 1 heterocycles. The van der Waals surface area contributed by atoms with Crippen LogP contribution in [0.15, 0.2) is 41.3 Å². The molecule has 3 rings (SSSR count). The van der Waals surface area contributed by atoms with E-state index in [0.29, 0.717) is 17.2 Å². The molecule has 1 aliphatic rings. The highest BCUT2D eigenvalue weighted by Crippen LogP contribution is 2.31. The SMILES string of the molecule is COCCN1CCCc2ccc(NS(=O)(=O)c3ccc(C)cc3C)cc21. The molecule has 2 aromatic rings. The number of ether oxygens (including phenoxy) is 1. The number of sulfonamides is 1. The van der Waals surface area contributed by atoms with Crippen LogP contribution in [0.1, 0.15) is 23.1 Å². The first-order valence-electron chi connectivity index (χ1n) is 8.87. The molecule has 0 spiro atoms. The number of hydrogen-bond acceptors (Lipinski definition) is 4. The van der Waals surface area contributed by atoms with E-state index in [-0.39, 0.29) is 0 Å².